The Balaban J connectivity index is 2.84. The smallest absolute Gasteiger partial charge is 0.411 e. The van der Waals surface area contributed by atoms with Crippen molar-refractivity contribution in [2.45, 2.75) is 58.6 Å². The number of hydrogen-bond donors (Lipinski definition) is 0. The Kier molecular flexibility index (Phi) is 5.20. The molecule has 0 saturated carbocycles. The average molecular weight is 271 g/mol. The highest BCUT2D eigenvalue weighted by atomic mass is 16.6. The number of nitrogens with zero attached hydrogens (tertiary/aromatic N) is 1. The molecule has 0 aliphatic carbocycles. The molecule has 19 heavy (non-hydrogen) atoms. The van der Waals surface area contributed by atoms with Crippen LogP contribution >= 0.6 is 0 Å². The van der Waals surface area contributed by atoms with Gasteiger partial charge in [0.05, 0.1) is 7.11 Å². The lowest BCUT2D eigenvalue weighted by atomic mass is 10.0. The van der Waals surface area contributed by atoms with Crippen LogP contribution < -0.4 is 0 Å². The van der Waals surface area contributed by atoms with Gasteiger partial charge >= 0.3 is 12.1 Å². The van der Waals surface area contributed by atoms with E-state index < -0.39 is 17.7 Å². The van der Waals surface area contributed by atoms with Crippen LogP contribution in [0.25, 0.3) is 0 Å². The van der Waals surface area contributed by atoms with Crippen molar-refractivity contribution in [3.8, 4) is 0 Å². The van der Waals surface area contributed by atoms with Crippen molar-refractivity contribution in [3.63, 3.8) is 0 Å². The van der Waals surface area contributed by atoms with Crippen LogP contribution in [0.4, 0.5) is 4.79 Å². The predicted molar refractivity (Wildman–Crippen MR) is 71.8 cm³/mol. The van der Waals surface area contributed by atoms with Gasteiger partial charge in [-0.2, -0.15) is 0 Å². The van der Waals surface area contributed by atoms with Crippen molar-refractivity contribution in [2.24, 2.45) is 5.92 Å². The first kappa shape index (κ1) is 15.8. The first-order valence-electron chi connectivity index (χ1n) is 6.82. The van der Waals surface area contributed by atoms with Gasteiger partial charge in [0, 0.05) is 6.54 Å². The summed E-state index contributed by atoms with van der Waals surface area (Å²) in [5, 5.41) is 0. The minimum absolute atomic E-state index is 0.361. The molecule has 0 aromatic heterocycles. The molecule has 2 atom stereocenters. The second kappa shape index (κ2) is 6.26. The van der Waals surface area contributed by atoms with E-state index in [1.54, 1.807) is 0 Å². The molecule has 0 radical (unpaired) electrons. The maximum atomic E-state index is 12.2. The van der Waals surface area contributed by atoms with Crippen molar-refractivity contribution < 1.29 is 19.1 Å². The van der Waals surface area contributed by atoms with Crippen molar-refractivity contribution in [1.29, 1.82) is 0 Å². The molecule has 5 heteroatoms. The summed E-state index contributed by atoms with van der Waals surface area (Å²) in [6.45, 7) is 8.12. The summed E-state index contributed by atoms with van der Waals surface area (Å²) in [4.78, 5) is 25.5. The first-order chi connectivity index (χ1) is 8.74. The number of carbonyl (C=O) groups excluding carboxylic acids is 2. The Morgan fingerprint density at radius 3 is 2.32 bits per heavy atom. The highest BCUT2D eigenvalue weighted by Gasteiger charge is 2.35. The van der Waals surface area contributed by atoms with E-state index >= 15 is 0 Å². The minimum Gasteiger partial charge on any atom is -0.467 e. The number of hydrogen-bond acceptors (Lipinski definition) is 4. The summed E-state index contributed by atoms with van der Waals surface area (Å²) in [6.07, 6.45) is 2.00. The average Bonchev–Trinajstić information content (AvgIpc) is 2.48. The van der Waals surface area contributed by atoms with Gasteiger partial charge in [0.15, 0.2) is 0 Å². The molecule has 0 aromatic rings. The van der Waals surface area contributed by atoms with Gasteiger partial charge in [0.1, 0.15) is 11.6 Å². The van der Waals surface area contributed by atoms with Crippen LogP contribution in [0.3, 0.4) is 0 Å². The van der Waals surface area contributed by atoms with E-state index in [1.807, 2.05) is 20.8 Å². The van der Waals surface area contributed by atoms with E-state index in [0.717, 1.165) is 12.8 Å². The highest BCUT2D eigenvalue weighted by Crippen LogP contribution is 2.24. The molecule has 0 spiro atoms. The summed E-state index contributed by atoms with van der Waals surface area (Å²) in [7, 11) is 1.35. The molecule has 1 saturated heterocycles. The van der Waals surface area contributed by atoms with Crippen LogP contribution in [0.2, 0.25) is 0 Å². The van der Waals surface area contributed by atoms with Crippen molar-refractivity contribution in [2.75, 3.05) is 13.7 Å². The Morgan fingerprint density at radius 1 is 1.16 bits per heavy atom. The normalized spacial score (nSPS) is 24.6. The fourth-order valence-corrected chi connectivity index (χ4v) is 2.18. The zero-order chi connectivity index (χ0) is 14.6. The third-order valence-electron chi connectivity index (χ3n) is 3.27. The van der Waals surface area contributed by atoms with Crippen LogP contribution in [0.5, 0.6) is 0 Å². The molecule has 1 amide bonds. The van der Waals surface area contributed by atoms with Gasteiger partial charge in [-0.15, -0.1) is 0 Å². The fourth-order valence-electron chi connectivity index (χ4n) is 2.18. The van der Waals surface area contributed by atoms with E-state index in [0.29, 0.717) is 18.9 Å². The highest BCUT2D eigenvalue weighted by molar-refractivity contribution is 5.81. The number of rotatable bonds is 1. The zero-order valence-corrected chi connectivity index (χ0v) is 12.6. The van der Waals surface area contributed by atoms with Crippen molar-refractivity contribution in [3.05, 3.63) is 0 Å². The number of carbonyl (C=O) groups is 2. The van der Waals surface area contributed by atoms with E-state index in [9.17, 15) is 9.59 Å². The third-order valence-corrected chi connectivity index (χ3v) is 3.27. The summed E-state index contributed by atoms with van der Waals surface area (Å²) >= 11 is 0. The molecule has 1 heterocycles. The number of esters is 1. The van der Waals surface area contributed by atoms with Gasteiger partial charge in [-0.05, 0) is 46.0 Å². The lowest BCUT2D eigenvalue weighted by molar-refractivity contribution is -0.146. The standard InChI is InChI=1S/C14H25NO4/c1-10-6-7-11(12(16)18-5)15(9-8-10)13(17)19-14(2,3)4/h10-11H,6-9H2,1-5H3/t10?,11-/m0/s1. The van der Waals surface area contributed by atoms with Gasteiger partial charge < -0.3 is 9.47 Å². The molecule has 1 unspecified atom stereocenters. The van der Waals surface area contributed by atoms with Gasteiger partial charge in [0.25, 0.3) is 0 Å². The molecule has 1 aliphatic heterocycles. The van der Waals surface area contributed by atoms with Gasteiger partial charge in [-0.1, -0.05) is 6.92 Å². The second-order valence-corrected chi connectivity index (χ2v) is 6.18. The van der Waals surface area contributed by atoms with Crippen LogP contribution in [0.1, 0.15) is 47.0 Å². The van der Waals surface area contributed by atoms with Crippen LogP contribution in [-0.2, 0) is 14.3 Å². The molecular formula is C14H25NO4. The number of amides is 1. The molecule has 110 valence electrons. The number of likely N-dealkylation sites (tertiary alicyclic amines) is 1. The fraction of sp³-hybridized carbons (Fsp3) is 0.857. The summed E-state index contributed by atoms with van der Waals surface area (Å²) in [5.41, 5.74) is -0.560. The Bertz CT molecular complexity index is 335. The van der Waals surface area contributed by atoms with E-state index in [1.165, 1.54) is 12.0 Å². The predicted octanol–water partition coefficient (Wildman–Crippen LogP) is 2.59. The maximum absolute atomic E-state index is 12.2. The lowest BCUT2D eigenvalue weighted by Crippen LogP contribution is -2.47. The molecule has 1 aliphatic rings. The maximum Gasteiger partial charge on any atom is 0.411 e. The Labute approximate surface area is 115 Å². The van der Waals surface area contributed by atoms with Crippen molar-refractivity contribution in [1.82, 2.24) is 4.90 Å². The Morgan fingerprint density at radius 2 is 1.79 bits per heavy atom. The summed E-state index contributed by atoms with van der Waals surface area (Å²) < 4.78 is 10.2. The van der Waals surface area contributed by atoms with Crippen LogP contribution in [0.15, 0.2) is 0 Å². The molecular weight excluding hydrogens is 246 g/mol. The van der Waals surface area contributed by atoms with Gasteiger partial charge in [-0.25, -0.2) is 9.59 Å². The van der Waals surface area contributed by atoms with Gasteiger partial charge in [0.2, 0.25) is 0 Å². The molecule has 0 aromatic carbocycles. The lowest BCUT2D eigenvalue weighted by Gasteiger charge is -2.30. The first-order valence-corrected chi connectivity index (χ1v) is 6.82. The SMILES string of the molecule is COC(=O)[C@@H]1CCC(C)CCN1C(=O)OC(C)(C)C. The topological polar surface area (TPSA) is 55.8 Å². The summed E-state index contributed by atoms with van der Waals surface area (Å²) in [6, 6.07) is -0.523. The zero-order valence-electron chi connectivity index (χ0n) is 12.6. The second-order valence-electron chi connectivity index (χ2n) is 6.18. The largest absolute Gasteiger partial charge is 0.467 e. The van der Waals surface area contributed by atoms with Gasteiger partial charge in [-0.3, -0.25) is 4.90 Å². The van der Waals surface area contributed by atoms with Crippen LogP contribution in [0, 0.1) is 5.92 Å². The molecule has 0 N–H and O–H groups in total. The molecule has 5 nitrogen and oxygen atoms in total. The van der Waals surface area contributed by atoms with E-state index in [4.69, 9.17) is 9.47 Å². The van der Waals surface area contributed by atoms with Crippen molar-refractivity contribution >= 4 is 12.1 Å². The van der Waals surface area contributed by atoms with E-state index in [-0.39, 0.29) is 5.97 Å². The van der Waals surface area contributed by atoms with E-state index in [2.05, 4.69) is 6.92 Å². The molecule has 1 rings (SSSR count). The minimum atomic E-state index is -0.560. The summed E-state index contributed by atoms with van der Waals surface area (Å²) in [5.74, 6) is 0.138. The monoisotopic (exact) mass is 271 g/mol. The number of methoxy groups -OCH3 is 1. The molecule has 0 bridgehead atoms. The molecule has 1 fully saturated rings. The number of ether oxygens (including phenoxy) is 2. The van der Waals surface area contributed by atoms with Crippen LogP contribution in [-0.4, -0.2) is 42.3 Å². The third kappa shape index (κ3) is 4.73. The Hall–Kier alpha value is -1.26. The quantitative estimate of drug-likeness (QED) is 0.688.